The monoisotopic (exact) mass is 246 g/mol. The van der Waals surface area contributed by atoms with Crippen molar-refractivity contribution in [3.63, 3.8) is 0 Å². The molecule has 1 aliphatic heterocycles. The van der Waals surface area contributed by atoms with E-state index in [0.29, 0.717) is 24.8 Å². The Kier molecular flexibility index (Phi) is 4.02. The van der Waals surface area contributed by atoms with Gasteiger partial charge in [0.2, 0.25) is 5.91 Å². The number of hydrogen-bond donors (Lipinski definition) is 1. The fraction of sp³-hybridized carbons (Fsp3) is 0.533. The number of rotatable bonds is 4. The van der Waals surface area contributed by atoms with Crippen LogP contribution in [-0.4, -0.2) is 23.9 Å². The molecule has 1 heterocycles. The topological polar surface area (TPSA) is 46.3 Å². The molecule has 0 aromatic heterocycles. The average molecular weight is 246 g/mol. The van der Waals surface area contributed by atoms with Crippen molar-refractivity contribution in [3.8, 4) is 0 Å². The first kappa shape index (κ1) is 13.1. The van der Waals surface area contributed by atoms with Gasteiger partial charge < -0.3 is 10.6 Å². The molecular formula is C15H22N2O. The number of carbonyl (C=O) groups excluding carboxylic acids is 1. The number of carbonyl (C=O) groups is 1. The van der Waals surface area contributed by atoms with E-state index in [1.165, 1.54) is 5.56 Å². The quantitative estimate of drug-likeness (QED) is 0.885. The standard InChI is InChI=1S/C15H22N2O/c1-11(2)15(13-6-4-3-5-7-13)17-10-12(9-16)8-14(17)18/h3-7,11-12,15H,8-10,16H2,1-2H3. The largest absolute Gasteiger partial charge is 0.335 e. The Morgan fingerprint density at radius 3 is 2.50 bits per heavy atom. The molecule has 0 saturated carbocycles. The molecule has 1 aliphatic rings. The van der Waals surface area contributed by atoms with Crippen LogP contribution < -0.4 is 5.73 Å². The van der Waals surface area contributed by atoms with Crippen LogP contribution in [0.15, 0.2) is 30.3 Å². The molecule has 98 valence electrons. The molecule has 1 saturated heterocycles. The van der Waals surface area contributed by atoms with Crippen LogP contribution in [0.1, 0.15) is 31.9 Å². The maximum atomic E-state index is 12.1. The van der Waals surface area contributed by atoms with Gasteiger partial charge in [-0.1, -0.05) is 44.2 Å². The minimum absolute atomic E-state index is 0.176. The van der Waals surface area contributed by atoms with E-state index in [2.05, 4.69) is 26.0 Å². The average Bonchev–Trinajstić information content (AvgIpc) is 2.72. The Balaban J connectivity index is 2.24. The van der Waals surface area contributed by atoms with Gasteiger partial charge in [0, 0.05) is 13.0 Å². The SMILES string of the molecule is CC(C)C(c1ccccc1)N1CC(CN)CC1=O. The molecular weight excluding hydrogens is 224 g/mol. The van der Waals surface area contributed by atoms with Crippen LogP contribution in [0.25, 0.3) is 0 Å². The Hall–Kier alpha value is -1.35. The van der Waals surface area contributed by atoms with E-state index >= 15 is 0 Å². The van der Waals surface area contributed by atoms with Gasteiger partial charge in [0.15, 0.2) is 0 Å². The third-order valence-electron chi connectivity index (χ3n) is 3.68. The van der Waals surface area contributed by atoms with Crippen molar-refractivity contribution in [2.75, 3.05) is 13.1 Å². The molecule has 1 fully saturated rings. The number of likely N-dealkylation sites (tertiary alicyclic amines) is 1. The Bertz CT molecular complexity index is 402. The summed E-state index contributed by atoms with van der Waals surface area (Å²) in [6.45, 7) is 5.73. The van der Waals surface area contributed by atoms with E-state index in [4.69, 9.17) is 5.73 Å². The van der Waals surface area contributed by atoms with Crippen LogP contribution >= 0.6 is 0 Å². The zero-order valence-electron chi connectivity index (χ0n) is 11.2. The Morgan fingerprint density at radius 1 is 1.33 bits per heavy atom. The van der Waals surface area contributed by atoms with E-state index in [1.54, 1.807) is 0 Å². The highest BCUT2D eigenvalue weighted by molar-refractivity contribution is 5.79. The third kappa shape index (κ3) is 2.56. The highest BCUT2D eigenvalue weighted by atomic mass is 16.2. The summed E-state index contributed by atoms with van der Waals surface area (Å²) in [6, 6.07) is 10.5. The number of benzene rings is 1. The van der Waals surface area contributed by atoms with Gasteiger partial charge in [0.25, 0.3) is 0 Å². The number of hydrogen-bond acceptors (Lipinski definition) is 2. The molecule has 1 amide bonds. The molecule has 1 aromatic carbocycles. The van der Waals surface area contributed by atoms with Gasteiger partial charge in [-0.15, -0.1) is 0 Å². The first-order valence-electron chi connectivity index (χ1n) is 6.68. The predicted octanol–water partition coefficient (Wildman–Crippen LogP) is 2.19. The van der Waals surface area contributed by atoms with Crippen LogP contribution in [0, 0.1) is 11.8 Å². The lowest BCUT2D eigenvalue weighted by atomic mass is 9.94. The summed E-state index contributed by atoms with van der Waals surface area (Å²) in [5.74, 6) is 0.975. The van der Waals surface area contributed by atoms with Gasteiger partial charge in [0.05, 0.1) is 6.04 Å². The highest BCUT2D eigenvalue weighted by Crippen LogP contribution is 2.33. The van der Waals surface area contributed by atoms with E-state index in [1.807, 2.05) is 23.1 Å². The van der Waals surface area contributed by atoms with Gasteiger partial charge in [-0.3, -0.25) is 4.79 Å². The summed E-state index contributed by atoms with van der Waals surface area (Å²) in [5.41, 5.74) is 6.92. The second-order valence-corrected chi connectivity index (χ2v) is 5.45. The summed E-state index contributed by atoms with van der Waals surface area (Å²) in [5, 5.41) is 0. The first-order chi connectivity index (χ1) is 8.63. The summed E-state index contributed by atoms with van der Waals surface area (Å²) < 4.78 is 0. The molecule has 0 aliphatic carbocycles. The molecule has 1 aromatic rings. The molecule has 3 nitrogen and oxygen atoms in total. The molecule has 0 bridgehead atoms. The maximum Gasteiger partial charge on any atom is 0.223 e. The van der Waals surface area contributed by atoms with Crippen molar-refractivity contribution in [2.24, 2.45) is 17.6 Å². The summed E-state index contributed by atoms with van der Waals surface area (Å²) in [4.78, 5) is 14.1. The van der Waals surface area contributed by atoms with Gasteiger partial charge in [-0.25, -0.2) is 0 Å². The molecule has 2 unspecified atom stereocenters. The van der Waals surface area contributed by atoms with Gasteiger partial charge in [0.1, 0.15) is 0 Å². The molecule has 0 radical (unpaired) electrons. The minimum Gasteiger partial charge on any atom is -0.335 e. The van der Waals surface area contributed by atoms with Crippen molar-refractivity contribution in [3.05, 3.63) is 35.9 Å². The van der Waals surface area contributed by atoms with Crippen LogP contribution in [-0.2, 0) is 4.79 Å². The first-order valence-corrected chi connectivity index (χ1v) is 6.68. The molecule has 2 atom stereocenters. The van der Waals surface area contributed by atoms with Gasteiger partial charge >= 0.3 is 0 Å². The van der Waals surface area contributed by atoms with Crippen LogP contribution in [0.4, 0.5) is 0 Å². The fourth-order valence-electron chi connectivity index (χ4n) is 2.81. The molecule has 2 rings (SSSR count). The molecule has 0 spiro atoms. The smallest absolute Gasteiger partial charge is 0.223 e. The maximum absolute atomic E-state index is 12.1. The number of nitrogens with zero attached hydrogens (tertiary/aromatic N) is 1. The summed E-state index contributed by atoms with van der Waals surface area (Å²) in [7, 11) is 0. The predicted molar refractivity (Wildman–Crippen MR) is 72.9 cm³/mol. The fourth-order valence-corrected chi connectivity index (χ4v) is 2.81. The Labute approximate surface area is 109 Å². The zero-order chi connectivity index (χ0) is 13.1. The second-order valence-electron chi connectivity index (χ2n) is 5.45. The van der Waals surface area contributed by atoms with E-state index in [9.17, 15) is 4.79 Å². The molecule has 2 N–H and O–H groups in total. The third-order valence-corrected chi connectivity index (χ3v) is 3.68. The van der Waals surface area contributed by atoms with Gasteiger partial charge in [-0.2, -0.15) is 0 Å². The molecule has 3 heteroatoms. The highest BCUT2D eigenvalue weighted by Gasteiger charge is 2.35. The van der Waals surface area contributed by atoms with Gasteiger partial charge in [-0.05, 0) is 23.9 Å². The minimum atomic E-state index is 0.176. The normalized spacial score (nSPS) is 21.7. The van der Waals surface area contributed by atoms with Crippen molar-refractivity contribution in [2.45, 2.75) is 26.3 Å². The van der Waals surface area contributed by atoms with Crippen LogP contribution in [0.3, 0.4) is 0 Å². The van der Waals surface area contributed by atoms with E-state index in [-0.39, 0.29) is 11.9 Å². The lowest BCUT2D eigenvalue weighted by molar-refractivity contribution is -0.130. The van der Waals surface area contributed by atoms with Crippen molar-refractivity contribution >= 4 is 5.91 Å². The van der Waals surface area contributed by atoms with Crippen molar-refractivity contribution < 1.29 is 4.79 Å². The lowest BCUT2D eigenvalue weighted by Gasteiger charge is -2.32. The summed E-state index contributed by atoms with van der Waals surface area (Å²) in [6.07, 6.45) is 0.604. The van der Waals surface area contributed by atoms with Crippen LogP contribution in [0.5, 0.6) is 0 Å². The Morgan fingerprint density at radius 2 is 2.00 bits per heavy atom. The van der Waals surface area contributed by atoms with E-state index < -0.39 is 0 Å². The van der Waals surface area contributed by atoms with E-state index in [0.717, 1.165) is 6.54 Å². The number of nitrogens with two attached hydrogens (primary N) is 1. The summed E-state index contributed by atoms with van der Waals surface area (Å²) >= 11 is 0. The second kappa shape index (κ2) is 5.53. The molecule has 18 heavy (non-hydrogen) atoms. The number of amides is 1. The van der Waals surface area contributed by atoms with Crippen molar-refractivity contribution in [1.82, 2.24) is 4.90 Å². The van der Waals surface area contributed by atoms with Crippen molar-refractivity contribution in [1.29, 1.82) is 0 Å². The lowest BCUT2D eigenvalue weighted by Crippen LogP contribution is -2.34. The van der Waals surface area contributed by atoms with Crippen LogP contribution in [0.2, 0.25) is 0 Å². The zero-order valence-corrected chi connectivity index (χ0v) is 11.2.